The lowest BCUT2D eigenvalue weighted by molar-refractivity contribution is 0.321. The maximum atomic E-state index is 4.77. The average Bonchev–Trinajstić information content (AvgIpc) is 2.87. The van der Waals surface area contributed by atoms with E-state index in [1.165, 1.54) is 30.8 Å². The van der Waals surface area contributed by atoms with Crippen molar-refractivity contribution >= 4 is 16.5 Å². The lowest BCUT2D eigenvalue weighted by Gasteiger charge is -2.36. The minimum atomic E-state index is 0.340. The molecule has 3 atom stereocenters. The molecule has 3 unspecified atom stereocenters. The third-order valence-electron chi connectivity index (χ3n) is 4.25. The van der Waals surface area contributed by atoms with Crippen molar-refractivity contribution in [2.45, 2.75) is 51.6 Å². The SMILES string of the molecule is CNC(C)c1csc(N(C)C2CCCCC2C)n1. The molecule has 4 heteroatoms. The highest BCUT2D eigenvalue weighted by atomic mass is 32.1. The first kappa shape index (κ1) is 13.8. The Morgan fingerprint density at radius 2 is 2.17 bits per heavy atom. The zero-order chi connectivity index (χ0) is 13.1. The number of rotatable bonds is 4. The molecule has 0 radical (unpaired) electrons. The van der Waals surface area contributed by atoms with Crippen LogP contribution in [0.5, 0.6) is 0 Å². The van der Waals surface area contributed by atoms with Gasteiger partial charge in [-0.25, -0.2) is 4.98 Å². The highest BCUT2D eigenvalue weighted by Gasteiger charge is 2.26. The standard InChI is InChI=1S/C14H25N3S/c1-10-7-5-6-8-13(10)17(4)14-16-12(9-18-14)11(2)15-3/h9-11,13,15H,5-8H2,1-4H3. The molecule has 3 nitrogen and oxygen atoms in total. The van der Waals surface area contributed by atoms with E-state index in [9.17, 15) is 0 Å². The van der Waals surface area contributed by atoms with Crippen LogP contribution in [0.25, 0.3) is 0 Å². The van der Waals surface area contributed by atoms with E-state index in [2.05, 4.69) is 36.5 Å². The van der Waals surface area contributed by atoms with Gasteiger partial charge in [0.25, 0.3) is 0 Å². The Labute approximate surface area is 115 Å². The second-order valence-electron chi connectivity index (χ2n) is 5.51. The van der Waals surface area contributed by atoms with Crippen molar-refractivity contribution in [1.82, 2.24) is 10.3 Å². The fourth-order valence-electron chi connectivity index (χ4n) is 2.80. The molecule has 1 aromatic rings. The lowest BCUT2D eigenvalue weighted by atomic mass is 9.85. The maximum absolute atomic E-state index is 4.77. The minimum Gasteiger partial charge on any atom is -0.348 e. The number of anilines is 1. The van der Waals surface area contributed by atoms with Crippen LogP contribution < -0.4 is 10.2 Å². The number of hydrogen-bond acceptors (Lipinski definition) is 4. The Balaban J connectivity index is 2.08. The zero-order valence-electron chi connectivity index (χ0n) is 11.9. The van der Waals surface area contributed by atoms with Crippen LogP contribution in [0, 0.1) is 5.92 Å². The van der Waals surface area contributed by atoms with Gasteiger partial charge in [0.1, 0.15) is 0 Å². The van der Waals surface area contributed by atoms with E-state index in [1.54, 1.807) is 11.3 Å². The van der Waals surface area contributed by atoms with Crippen molar-refractivity contribution in [1.29, 1.82) is 0 Å². The van der Waals surface area contributed by atoms with Crippen LogP contribution in [-0.2, 0) is 0 Å². The second kappa shape index (κ2) is 6.02. The third kappa shape index (κ3) is 2.86. The van der Waals surface area contributed by atoms with Crippen molar-refractivity contribution < 1.29 is 0 Å². The van der Waals surface area contributed by atoms with Gasteiger partial charge >= 0.3 is 0 Å². The highest BCUT2D eigenvalue weighted by molar-refractivity contribution is 7.13. The molecule has 1 fully saturated rings. The maximum Gasteiger partial charge on any atom is 0.185 e. The van der Waals surface area contributed by atoms with Crippen LogP contribution in [-0.4, -0.2) is 25.1 Å². The lowest BCUT2D eigenvalue weighted by Crippen LogP contribution is -2.39. The van der Waals surface area contributed by atoms with Crippen molar-refractivity contribution in [3.63, 3.8) is 0 Å². The summed E-state index contributed by atoms with van der Waals surface area (Å²) in [5.74, 6) is 0.790. The molecule has 0 aliphatic heterocycles. The first-order chi connectivity index (χ1) is 8.63. The number of nitrogens with zero attached hydrogens (tertiary/aromatic N) is 2. The van der Waals surface area contributed by atoms with Crippen LogP contribution in [0.4, 0.5) is 5.13 Å². The molecule has 1 saturated carbocycles. The van der Waals surface area contributed by atoms with Crippen molar-refractivity contribution in [3.8, 4) is 0 Å². The van der Waals surface area contributed by atoms with Crippen LogP contribution in [0.2, 0.25) is 0 Å². The largest absolute Gasteiger partial charge is 0.348 e. The summed E-state index contributed by atoms with van der Waals surface area (Å²) in [6, 6.07) is 1.01. The van der Waals surface area contributed by atoms with E-state index in [1.807, 2.05) is 7.05 Å². The molecular weight excluding hydrogens is 242 g/mol. The van der Waals surface area contributed by atoms with E-state index in [-0.39, 0.29) is 0 Å². The summed E-state index contributed by atoms with van der Waals surface area (Å²) in [5.41, 5.74) is 1.16. The summed E-state index contributed by atoms with van der Waals surface area (Å²) in [5, 5.41) is 6.60. The summed E-state index contributed by atoms with van der Waals surface area (Å²) in [6.07, 6.45) is 5.43. The van der Waals surface area contributed by atoms with E-state index < -0.39 is 0 Å². The molecule has 0 spiro atoms. The molecule has 1 N–H and O–H groups in total. The average molecular weight is 267 g/mol. The minimum absolute atomic E-state index is 0.340. The number of hydrogen-bond donors (Lipinski definition) is 1. The number of thiazole rings is 1. The van der Waals surface area contributed by atoms with Crippen molar-refractivity contribution in [2.75, 3.05) is 19.0 Å². The Bertz CT molecular complexity index is 377. The number of aromatic nitrogens is 1. The van der Waals surface area contributed by atoms with Gasteiger partial charge < -0.3 is 10.2 Å². The van der Waals surface area contributed by atoms with Crippen molar-refractivity contribution in [2.24, 2.45) is 5.92 Å². The Hall–Kier alpha value is -0.610. The van der Waals surface area contributed by atoms with Gasteiger partial charge in [0.15, 0.2) is 5.13 Å². The molecule has 0 saturated heterocycles. The van der Waals surface area contributed by atoms with E-state index >= 15 is 0 Å². The summed E-state index contributed by atoms with van der Waals surface area (Å²) in [4.78, 5) is 7.18. The topological polar surface area (TPSA) is 28.2 Å². The van der Waals surface area contributed by atoms with Gasteiger partial charge in [-0.05, 0) is 32.7 Å². The molecule has 2 rings (SSSR count). The highest BCUT2D eigenvalue weighted by Crippen LogP contribution is 2.32. The van der Waals surface area contributed by atoms with Crippen LogP contribution in [0.15, 0.2) is 5.38 Å². The first-order valence-corrected chi connectivity index (χ1v) is 7.87. The molecule has 1 heterocycles. The molecule has 1 aliphatic carbocycles. The van der Waals surface area contributed by atoms with Gasteiger partial charge in [0.05, 0.1) is 5.69 Å². The van der Waals surface area contributed by atoms with Crippen molar-refractivity contribution in [3.05, 3.63) is 11.1 Å². The molecule has 1 aliphatic rings. The number of nitrogens with one attached hydrogen (secondary N) is 1. The molecule has 18 heavy (non-hydrogen) atoms. The van der Waals surface area contributed by atoms with Crippen LogP contribution >= 0.6 is 11.3 Å². The normalized spacial score (nSPS) is 26.0. The monoisotopic (exact) mass is 267 g/mol. The summed E-state index contributed by atoms with van der Waals surface area (Å²) >= 11 is 1.77. The Morgan fingerprint density at radius 3 is 2.83 bits per heavy atom. The van der Waals surface area contributed by atoms with Gasteiger partial charge in [-0.3, -0.25) is 0 Å². The van der Waals surface area contributed by atoms with E-state index in [0.29, 0.717) is 12.1 Å². The zero-order valence-corrected chi connectivity index (χ0v) is 12.8. The molecule has 0 bridgehead atoms. The van der Waals surface area contributed by atoms with Gasteiger partial charge in [-0.1, -0.05) is 19.8 Å². The predicted molar refractivity (Wildman–Crippen MR) is 79.4 cm³/mol. The first-order valence-electron chi connectivity index (χ1n) is 6.99. The Morgan fingerprint density at radius 1 is 1.44 bits per heavy atom. The molecule has 102 valence electrons. The Kier molecular flexibility index (Phi) is 4.62. The molecule has 0 amide bonds. The summed E-state index contributed by atoms with van der Waals surface area (Å²) in [6.45, 7) is 4.53. The van der Waals surface area contributed by atoms with E-state index in [0.717, 1.165) is 11.6 Å². The fourth-order valence-corrected chi connectivity index (χ4v) is 3.74. The fraction of sp³-hybridized carbons (Fsp3) is 0.786. The predicted octanol–water partition coefficient (Wildman–Crippen LogP) is 3.44. The third-order valence-corrected chi connectivity index (χ3v) is 5.20. The molecule has 0 aromatic carbocycles. The van der Waals surface area contributed by atoms with Crippen LogP contribution in [0.3, 0.4) is 0 Å². The quantitative estimate of drug-likeness (QED) is 0.906. The smallest absolute Gasteiger partial charge is 0.185 e. The molecule has 1 aromatic heterocycles. The molecular formula is C14H25N3S. The van der Waals surface area contributed by atoms with Gasteiger partial charge in [0.2, 0.25) is 0 Å². The van der Waals surface area contributed by atoms with Gasteiger partial charge in [-0.15, -0.1) is 11.3 Å². The summed E-state index contributed by atoms with van der Waals surface area (Å²) < 4.78 is 0. The van der Waals surface area contributed by atoms with Gasteiger partial charge in [-0.2, -0.15) is 0 Å². The van der Waals surface area contributed by atoms with Crippen LogP contribution in [0.1, 0.15) is 51.3 Å². The second-order valence-corrected chi connectivity index (χ2v) is 6.34. The van der Waals surface area contributed by atoms with Gasteiger partial charge in [0, 0.05) is 24.5 Å². The summed E-state index contributed by atoms with van der Waals surface area (Å²) in [7, 11) is 4.19. The van der Waals surface area contributed by atoms with E-state index in [4.69, 9.17) is 4.98 Å².